The lowest BCUT2D eigenvalue weighted by atomic mass is 10.0. The molecule has 1 amide bonds. The molecule has 0 saturated carbocycles. The van der Waals surface area contributed by atoms with Gasteiger partial charge in [0.25, 0.3) is 5.91 Å². The lowest BCUT2D eigenvalue weighted by Crippen LogP contribution is -2.50. The highest BCUT2D eigenvalue weighted by atomic mass is 16.4. The molecule has 1 rings (SSSR count). The van der Waals surface area contributed by atoms with Crippen LogP contribution in [0.1, 0.15) is 0 Å². The zero-order valence-corrected chi connectivity index (χ0v) is 10.0. The van der Waals surface area contributed by atoms with Crippen LogP contribution in [0.2, 0.25) is 0 Å². The predicted molar refractivity (Wildman–Crippen MR) is 66.2 cm³/mol. The summed E-state index contributed by atoms with van der Waals surface area (Å²) in [4.78, 5) is 11.6. The van der Waals surface area contributed by atoms with Gasteiger partial charge in [0.1, 0.15) is 18.3 Å². The van der Waals surface area contributed by atoms with E-state index >= 15 is 0 Å². The fraction of sp³-hybridized carbons (Fsp3) is 0.417. The molecule has 0 aliphatic rings. The van der Waals surface area contributed by atoms with Crippen LogP contribution in [0.15, 0.2) is 30.3 Å². The third-order valence-corrected chi connectivity index (χ3v) is 2.56. The van der Waals surface area contributed by atoms with Gasteiger partial charge in [0, 0.05) is 5.69 Å². The molecule has 0 saturated heterocycles. The SMILES string of the molecule is O=C(Nc1ccccc1)[C@@H](O)[C@H](O)[C@@H](O)[C@@H](O)CO. The molecule has 0 aromatic heterocycles. The van der Waals surface area contributed by atoms with Gasteiger partial charge in [-0.05, 0) is 12.1 Å². The number of aliphatic hydroxyl groups is 5. The van der Waals surface area contributed by atoms with E-state index in [0.29, 0.717) is 5.69 Å². The molecule has 0 spiro atoms. The third kappa shape index (κ3) is 4.27. The molecular formula is C12H17NO6. The molecular weight excluding hydrogens is 254 g/mol. The fourth-order valence-electron chi connectivity index (χ4n) is 1.42. The minimum Gasteiger partial charge on any atom is -0.394 e. The van der Waals surface area contributed by atoms with E-state index < -0.39 is 36.9 Å². The van der Waals surface area contributed by atoms with Crippen molar-refractivity contribution >= 4 is 11.6 Å². The van der Waals surface area contributed by atoms with Crippen LogP contribution < -0.4 is 5.32 Å². The Morgan fingerprint density at radius 3 is 2.16 bits per heavy atom. The Hall–Kier alpha value is -1.51. The summed E-state index contributed by atoms with van der Waals surface area (Å²) in [5, 5.41) is 48.5. The van der Waals surface area contributed by atoms with E-state index in [1.807, 2.05) is 0 Å². The smallest absolute Gasteiger partial charge is 0.256 e. The number of hydrogen-bond donors (Lipinski definition) is 6. The predicted octanol–water partition coefficient (Wildman–Crippen LogP) is -1.94. The first-order valence-electron chi connectivity index (χ1n) is 5.66. The average Bonchev–Trinajstić information content (AvgIpc) is 2.44. The van der Waals surface area contributed by atoms with Gasteiger partial charge in [-0.3, -0.25) is 4.79 Å². The Morgan fingerprint density at radius 2 is 1.63 bits per heavy atom. The number of para-hydroxylation sites is 1. The highest BCUT2D eigenvalue weighted by molar-refractivity contribution is 5.94. The number of carbonyl (C=O) groups is 1. The van der Waals surface area contributed by atoms with Crippen LogP contribution in [0, 0.1) is 0 Å². The quantitative estimate of drug-likeness (QED) is 0.357. The maximum absolute atomic E-state index is 11.6. The van der Waals surface area contributed by atoms with Crippen molar-refractivity contribution in [2.45, 2.75) is 24.4 Å². The molecule has 0 unspecified atom stereocenters. The van der Waals surface area contributed by atoms with Gasteiger partial charge < -0.3 is 30.8 Å². The second kappa shape index (κ2) is 7.17. The van der Waals surface area contributed by atoms with E-state index in [-0.39, 0.29) is 0 Å². The van der Waals surface area contributed by atoms with E-state index in [9.17, 15) is 20.1 Å². The zero-order valence-electron chi connectivity index (χ0n) is 10.0. The van der Waals surface area contributed by atoms with Crippen LogP contribution in [0.25, 0.3) is 0 Å². The highest BCUT2D eigenvalue weighted by Crippen LogP contribution is 2.09. The van der Waals surface area contributed by atoms with Crippen molar-refractivity contribution in [3.8, 4) is 0 Å². The molecule has 6 N–H and O–H groups in total. The highest BCUT2D eigenvalue weighted by Gasteiger charge is 2.34. The van der Waals surface area contributed by atoms with Crippen LogP contribution >= 0.6 is 0 Å². The van der Waals surface area contributed by atoms with Crippen molar-refractivity contribution in [2.24, 2.45) is 0 Å². The number of nitrogens with one attached hydrogen (secondary N) is 1. The molecule has 19 heavy (non-hydrogen) atoms. The van der Waals surface area contributed by atoms with Crippen molar-refractivity contribution in [2.75, 3.05) is 11.9 Å². The van der Waals surface area contributed by atoms with Gasteiger partial charge >= 0.3 is 0 Å². The Bertz CT molecular complexity index is 398. The van der Waals surface area contributed by atoms with Crippen LogP contribution in [0.4, 0.5) is 5.69 Å². The third-order valence-electron chi connectivity index (χ3n) is 2.56. The van der Waals surface area contributed by atoms with Gasteiger partial charge in [0.2, 0.25) is 0 Å². The summed E-state index contributed by atoms with van der Waals surface area (Å²) in [6.45, 7) is -0.800. The number of carbonyl (C=O) groups excluding carboxylic acids is 1. The van der Waals surface area contributed by atoms with Gasteiger partial charge in [-0.15, -0.1) is 0 Å². The van der Waals surface area contributed by atoms with Gasteiger partial charge in [-0.25, -0.2) is 0 Å². The number of hydrogen-bond acceptors (Lipinski definition) is 6. The Kier molecular flexibility index (Phi) is 5.87. The second-order valence-corrected chi connectivity index (χ2v) is 4.03. The standard InChI is InChI=1S/C12H17NO6/c14-6-8(15)9(16)10(17)11(18)12(19)13-7-4-2-1-3-5-7/h1-5,8-11,14-18H,6H2,(H,13,19)/t8-,9-,10+,11-/m0/s1. The molecule has 1 aromatic carbocycles. The number of amides is 1. The molecule has 7 heteroatoms. The minimum atomic E-state index is -1.93. The van der Waals surface area contributed by atoms with Crippen molar-refractivity contribution in [1.82, 2.24) is 0 Å². The summed E-state index contributed by atoms with van der Waals surface area (Å²) in [5.41, 5.74) is 0.413. The van der Waals surface area contributed by atoms with Crippen LogP contribution in [0.5, 0.6) is 0 Å². The van der Waals surface area contributed by atoms with E-state index in [1.54, 1.807) is 30.3 Å². The second-order valence-electron chi connectivity index (χ2n) is 4.03. The number of benzene rings is 1. The first-order valence-corrected chi connectivity index (χ1v) is 5.66. The summed E-state index contributed by atoms with van der Waals surface area (Å²) < 4.78 is 0. The van der Waals surface area contributed by atoms with E-state index in [0.717, 1.165) is 0 Å². The first kappa shape index (κ1) is 15.5. The van der Waals surface area contributed by atoms with Crippen molar-refractivity contribution in [3.63, 3.8) is 0 Å². The topological polar surface area (TPSA) is 130 Å². The number of anilines is 1. The summed E-state index contributed by atoms with van der Waals surface area (Å²) in [7, 11) is 0. The fourth-order valence-corrected chi connectivity index (χ4v) is 1.42. The molecule has 0 aliphatic heterocycles. The Balaban J connectivity index is 2.61. The van der Waals surface area contributed by atoms with Crippen molar-refractivity contribution in [1.29, 1.82) is 0 Å². The molecule has 0 bridgehead atoms. The maximum Gasteiger partial charge on any atom is 0.256 e. The van der Waals surface area contributed by atoms with E-state index in [1.165, 1.54) is 0 Å². The van der Waals surface area contributed by atoms with Crippen molar-refractivity contribution in [3.05, 3.63) is 30.3 Å². The molecule has 0 heterocycles. The normalized spacial score (nSPS) is 17.3. The van der Waals surface area contributed by atoms with Crippen LogP contribution in [-0.4, -0.2) is 62.5 Å². The summed E-state index contributed by atoms with van der Waals surface area (Å²) >= 11 is 0. The lowest BCUT2D eigenvalue weighted by Gasteiger charge is -2.24. The van der Waals surface area contributed by atoms with E-state index in [2.05, 4.69) is 5.32 Å². The zero-order chi connectivity index (χ0) is 14.4. The first-order chi connectivity index (χ1) is 8.97. The van der Waals surface area contributed by atoms with Crippen LogP contribution in [-0.2, 0) is 4.79 Å². The molecule has 0 aliphatic carbocycles. The summed E-state index contributed by atoms with van der Waals surface area (Å²) in [6, 6.07) is 8.24. The molecule has 0 radical (unpaired) electrons. The number of aliphatic hydroxyl groups excluding tert-OH is 5. The van der Waals surface area contributed by atoms with Gasteiger partial charge in [0.15, 0.2) is 6.10 Å². The van der Waals surface area contributed by atoms with Gasteiger partial charge in [-0.2, -0.15) is 0 Å². The lowest BCUT2D eigenvalue weighted by molar-refractivity contribution is -0.144. The molecule has 4 atom stereocenters. The Labute approximate surface area is 109 Å². The maximum atomic E-state index is 11.6. The molecule has 7 nitrogen and oxygen atoms in total. The van der Waals surface area contributed by atoms with Gasteiger partial charge in [0.05, 0.1) is 6.61 Å². The monoisotopic (exact) mass is 271 g/mol. The van der Waals surface area contributed by atoms with Crippen LogP contribution in [0.3, 0.4) is 0 Å². The largest absolute Gasteiger partial charge is 0.394 e. The van der Waals surface area contributed by atoms with E-state index in [4.69, 9.17) is 10.2 Å². The van der Waals surface area contributed by atoms with Crippen molar-refractivity contribution < 1.29 is 30.3 Å². The number of rotatable bonds is 6. The molecule has 106 valence electrons. The summed E-state index contributed by atoms with van der Waals surface area (Å²) in [6.07, 6.45) is -7.32. The average molecular weight is 271 g/mol. The van der Waals surface area contributed by atoms with Gasteiger partial charge in [-0.1, -0.05) is 18.2 Å². The summed E-state index contributed by atoms with van der Waals surface area (Å²) in [5.74, 6) is -0.928. The minimum absolute atomic E-state index is 0.413. The molecule has 1 aromatic rings. The molecule has 0 fully saturated rings. The Morgan fingerprint density at radius 1 is 1.05 bits per heavy atom.